The zero-order valence-corrected chi connectivity index (χ0v) is 36.0. The molecule has 6 aliphatic rings. The van der Waals surface area contributed by atoms with Crippen LogP contribution in [0.15, 0.2) is 179 Å². The summed E-state index contributed by atoms with van der Waals surface area (Å²) < 4.78 is 4.32. The fourth-order valence-corrected chi connectivity index (χ4v) is 14.1. The van der Waals surface area contributed by atoms with Gasteiger partial charge in [-0.15, -0.1) is 0 Å². The lowest BCUT2D eigenvalue weighted by Gasteiger charge is -2.30. The largest absolute Gasteiger partial charge is 0.308 e. The topological polar surface area (TPSA) is 77.1 Å². The molecule has 4 aromatic heterocycles. The first-order valence-corrected chi connectivity index (χ1v) is 23.4. The maximum atomic E-state index is 15.7. The normalized spacial score (nSPS) is 18.8. The molecule has 0 aliphatic heterocycles. The first-order chi connectivity index (χ1) is 33.5. The van der Waals surface area contributed by atoms with Gasteiger partial charge in [0, 0.05) is 55.3 Å². The van der Waals surface area contributed by atoms with E-state index in [1.165, 1.54) is 0 Å². The van der Waals surface area contributed by atoms with Crippen molar-refractivity contribution in [3.05, 3.63) is 257 Å². The van der Waals surface area contributed by atoms with Crippen LogP contribution in [-0.2, 0) is 0 Å². The van der Waals surface area contributed by atoms with Gasteiger partial charge < -0.3 is 8.80 Å². The zero-order chi connectivity index (χ0) is 44.6. The van der Waals surface area contributed by atoms with Crippen molar-refractivity contribution >= 4 is 87.8 Å². The molecule has 0 saturated carbocycles. The van der Waals surface area contributed by atoms with Gasteiger partial charge in [-0.3, -0.25) is 19.2 Å². The molecule has 0 unspecified atom stereocenters. The van der Waals surface area contributed by atoms with Gasteiger partial charge in [0.25, 0.3) is 0 Å². The molecule has 4 heterocycles. The number of para-hydroxylation sites is 2. The number of carbonyl (C=O) groups excluding carboxylic acids is 2. The third-order valence-corrected chi connectivity index (χ3v) is 16.6. The molecule has 0 atom stereocenters. The highest BCUT2D eigenvalue weighted by Crippen LogP contribution is 2.56. The SMILES string of the molecule is O=C1c2cc3c(cc2C2c4ccccc4C1c1ccccc12)c1c2c(=O)c4ccccc4n4c5ccccc5c(=O)c(c5c6cc7c(cc6n3c15)C(=O)C1c3ccccc3C7c3ccccc31)c24. The summed E-state index contributed by atoms with van der Waals surface area (Å²) in [6, 6.07) is 57.2. The summed E-state index contributed by atoms with van der Waals surface area (Å²) in [5, 5.41) is 5.21. The van der Waals surface area contributed by atoms with Gasteiger partial charge in [-0.1, -0.05) is 121 Å². The molecule has 0 radical (unpaired) electrons. The number of benzene rings is 9. The Morgan fingerprint density at radius 1 is 0.279 bits per heavy atom. The van der Waals surface area contributed by atoms with Gasteiger partial charge >= 0.3 is 0 Å². The highest BCUT2D eigenvalue weighted by molar-refractivity contribution is 6.39. The molecule has 4 bridgehead atoms. The molecule has 0 saturated heterocycles. The van der Waals surface area contributed by atoms with E-state index in [0.29, 0.717) is 38.2 Å². The fraction of sp³-hybridized carbons (Fsp3) is 0.0645. The van der Waals surface area contributed by atoms with Gasteiger partial charge in [0.05, 0.1) is 55.7 Å². The van der Waals surface area contributed by atoms with Crippen molar-refractivity contribution in [1.82, 2.24) is 8.80 Å². The van der Waals surface area contributed by atoms with Gasteiger partial charge in [-0.2, -0.15) is 0 Å². The third-order valence-electron chi connectivity index (χ3n) is 16.6. The van der Waals surface area contributed by atoms with Crippen LogP contribution >= 0.6 is 0 Å². The number of rotatable bonds is 0. The van der Waals surface area contributed by atoms with E-state index in [1.54, 1.807) is 0 Å². The number of aromatic nitrogens is 2. The second kappa shape index (κ2) is 11.8. The molecule has 314 valence electrons. The van der Waals surface area contributed by atoms with E-state index < -0.39 is 11.8 Å². The molecular formula is C62H32N2O4. The third kappa shape index (κ3) is 3.84. The van der Waals surface area contributed by atoms with Crippen LogP contribution in [0.5, 0.6) is 0 Å². The van der Waals surface area contributed by atoms with Crippen LogP contribution < -0.4 is 10.9 Å². The molecule has 0 amide bonds. The minimum Gasteiger partial charge on any atom is -0.308 e. The molecule has 6 nitrogen and oxygen atoms in total. The summed E-state index contributed by atoms with van der Waals surface area (Å²) >= 11 is 0. The lowest BCUT2D eigenvalue weighted by Crippen LogP contribution is -2.19. The molecular weight excluding hydrogens is 837 g/mol. The number of ketones is 2. The Morgan fingerprint density at radius 2 is 0.588 bits per heavy atom. The highest BCUT2D eigenvalue weighted by atomic mass is 16.1. The van der Waals surface area contributed by atoms with E-state index >= 15 is 19.2 Å². The van der Waals surface area contributed by atoms with Crippen molar-refractivity contribution in [2.24, 2.45) is 0 Å². The Labute approximate surface area is 385 Å². The van der Waals surface area contributed by atoms with E-state index in [2.05, 4.69) is 106 Å². The summed E-state index contributed by atoms with van der Waals surface area (Å²) in [7, 11) is 0. The van der Waals surface area contributed by atoms with Crippen LogP contribution in [-0.4, -0.2) is 20.4 Å². The lowest BCUT2D eigenvalue weighted by molar-refractivity contribution is 0.0966. The second-order valence-electron chi connectivity index (χ2n) is 19.5. The van der Waals surface area contributed by atoms with Gasteiger partial charge in [0.2, 0.25) is 0 Å². The number of hydrogen-bond donors (Lipinski definition) is 0. The highest BCUT2D eigenvalue weighted by Gasteiger charge is 2.45. The van der Waals surface area contributed by atoms with E-state index in [9.17, 15) is 0 Å². The molecule has 0 spiro atoms. The number of fused-ring (bicyclic) bond motifs is 12. The first kappa shape index (κ1) is 35.5. The van der Waals surface area contributed by atoms with Crippen LogP contribution in [0.25, 0.3) is 76.2 Å². The molecule has 6 aliphatic carbocycles. The molecule has 0 fully saturated rings. The van der Waals surface area contributed by atoms with Gasteiger partial charge in [-0.05, 0) is 104 Å². The van der Waals surface area contributed by atoms with Gasteiger partial charge in [0.15, 0.2) is 22.4 Å². The summed E-state index contributed by atoms with van der Waals surface area (Å²) in [6.45, 7) is 0. The average molecular weight is 869 g/mol. The van der Waals surface area contributed by atoms with E-state index in [-0.39, 0.29) is 34.3 Å². The Balaban J connectivity index is 1.13. The minimum absolute atomic E-state index is 0.0324. The summed E-state index contributed by atoms with van der Waals surface area (Å²) in [5.74, 6) is -1.34. The van der Waals surface area contributed by atoms with Crippen molar-refractivity contribution in [2.45, 2.75) is 23.7 Å². The van der Waals surface area contributed by atoms with Crippen molar-refractivity contribution in [3.8, 4) is 0 Å². The second-order valence-corrected chi connectivity index (χ2v) is 19.5. The van der Waals surface area contributed by atoms with E-state index in [0.717, 1.165) is 105 Å². The number of carbonyl (C=O) groups is 2. The van der Waals surface area contributed by atoms with Crippen molar-refractivity contribution in [3.63, 3.8) is 0 Å². The molecule has 0 N–H and O–H groups in total. The number of pyridine rings is 2. The zero-order valence-electron chi connectivity index (χ0n) is 36.0. The molecule has 19 rings (SSSR count). The van der Waals surface area contributed by atoms with Crippen LogP contribution in [0.2, 0.25) is 0 Å². The number of Topliss-reactive ketones (excluding diaryl/α,β-unsaturated/α-hetero) is 2. The summed E-state index contributed by atoms with van der Waals surface area (Å²) in [4.78, 5) is 62.3. The standard InChI is InChI=1S/C62H32N2O4/c65-59-37-21-9-11-23-45(37)63-46-24-12-10-22-38(46)60(66)56-54-44-26-40-42(62(68)52-35-19-7-3-15-31(35)50(40)32-16-4-8-20-36(32)52)28-48(44)64-47-27-41-39(25-43(47)53(57(54)64)55(59)58(56)63)49-29-13-1-5-17-33(29)51(61(41)67)34-18-6-2-14-30(34)49/h1-28,49-52H. The van der Waals surface area contributed by atoms with Crippen molar-refractivity contribution < 1.29 is 9.59 Å². The summed E-state index contributed by atoms with van der Waals surface area (Å²) in [6.07, 6.45) is 0. The first-order valence-electron chi connectivity index (χ1n) is 23.4. The maximum absolute atomic E-state index is 15.7. The maximum Gasteiger partial charge on any atom is 0.197 e. The predicted molar refractivity (Wildman–Crippen MR) is 268 cm³/mol. The van der Waals surface area contributed by atoms with Crippen LogP contribution in [0.1, 0.15) is 100 Å². The smallest absolute Gasteiger partial charge is 0.197 e. The molecule has 9 aromatic carbocycles. The number of nitrogens with zero attached hydrogens (tertiary/aromatic N) is 2. The lowest BCUT2D eigenvalue weighted by atomic mass is 9.72. The summed E-state index contributed by atoms with van der Waals surface area (Å²) in [5.41, 5.74) is 15.6. The quantitative estimate of drug-likeness (QED) is 0.112. The Bertz CT molecular complexity index is 4360. The van der Waals surface area contributed by atoms with Gasteiger partial charge in [0.1, 0.15) is 0 Å². The average Bonchev–Trinajstić information content (AvgIpc) is 3.74. The molecule has 68 heavy (non-hydrogen) atoms. The fourth-order valence-electron chi connectivity index (χ4n) is 14.1. The van der Waals surface area contributed by atoms with E-state index in [4.69, 9.17) is 0 Å². The Morgan fingerprint density at radius 3 is 0.971 bits per heavy atom. The van der Waals surface area contributed by atoms with Crippen molar-refractivity contribution in [2.75, 3.05) is 0 Å². The van der Waals surface area contributed by atoms with Crippen molar-refractivity contribution in [1.29, 1.82) is 0 Å². The monoisotopic (exact) mass is 868 g/mol. The van der Waals surface area contributed by atoms with Crippen LogP contribution in [0.4, 0.5) is 0 Å². The Kier molecular flexibility index (Phi) is 6.16. The predicted octanol–water partition coefficient (Wildman–Crippen LogP) is 12.4. The van der Waals surface area contributed by atoms with Crippen LogP contribution in [0.3, 0.4) is 0 Å². The van der Waals surface area contributed by atoms with Crippen LogP contribution in [0, 0.1) is 0 Å². The van der Waals surface area contributed by atoms with Gasteiger partial charge in [-0.25, -0.2) is 0 Å². The number of hydrogen-bond acceptors (Lipinski definition) is 4. The molecule has 6 heteroatoms. The minimum atomic E-state index is -0.480. The molecule has 13 aromatic rings. The Hall–Kier alpha value is -8.74. The van der Waals surface area contributed by atoms with E-state index in [1.807, 2.05) is 72.8 Å².